The number of nitrogens with zero attached hydrogens (tertiary/aromatic N) is 3. The third-order valence-electron chi connectivity index (χ3n) is 2.51. The summed E-state index contributed by atoms with van der Waals surface area (Å²) >= 11 is 0. The van der Waals surface area contributed by atoms with Crippen LogP contribution < -0.4 is 10.3 Å². The van der Waals surface area contributed by atoms with E-state index in [4.69, 9.17) is 4.74 Å². The SMILES string of the molecule is O=c1[nH]c(COc2ccccc2)nc2nccnc12. The average molecular weight is 254 g/mol. The van der Waals surface area contributed by atoms with Gasteiger partial charge in [0.05, 0.1) is 0 Å². The quantitative estimate of drug-likeness (QED) is 0.761. The van der Waals surface area contributed by atoms with Crippen molar-refractivity contribution >= 4 is 11.2 Å². The highest BCUT2D eigenvalue weighted by atomic mass is 16.5. The van der Waals surface area contributed by atoms with Crippen molar-refractivity contribution in [1.82, 2.24) is 19.9 Å². The van der Waals surface area contributed by atoms with Gasteiger partial charge in [0.2, 0.25) is 0 Å². The van der Waals surface area contributed by atoms with Crippen LogP contribution in [0.1, 0.15) is 5.82 Å². The van der Waals surface area contributed by atoms with Gasteiger partial charge in [-0.1, -0.05) is 18.2 Å². The zero-order valence-electron chi connectivity index (χ0n) is 9.91. The molecule has 0 atom stereocenters. The van der Waals surface area contributed by atoms with Crippen LogP contribution in [-0.4, -0.2) is 19.9 Å². The van der Waals surface area contributed by atoms with Gasteiger partial charge in [-0.3, -0.25) is 4.79 Å². The molecule has 3 rings (SSSR count). The first-order valence-electron chi connectivity index (χ1n) is 5.71. The summed E-state index contributed by atoms with van der Waals surface area (Å²) in [5.74, 6) is 1.13. The molecule has 0 saturated heterocycles. The highest BCUT2D eigenvalue weighted by molar-refractivity contribution is 5.67. The van der Waals surface area contributed by atoms with E-state index >= 15 is 0 Å². The second-order valence-corrected chi connectivity index (χ2v) is 3.84. The fourth-order valence-corrected chi connectivity index (χ4v) is 1.66. The van der Waals surface area contributed by atoms with Gasteiger partial charge < -0.3 is 9.72 Å². The number of aromatic nitrogens is 4. The number of para-hydroxylation sites is 1. The molecule has 0 aliphatic rings. The zero-order valence-corrected chi connectivity index (χ0v) is 9.91. The molecular formula is C13H10N4O2. The number of nitrogens with one attached hydrogen (secondary N) is 1. The number of aromatic amines is 1. The van der Waals surface area contributed by atoms with Gasteiger partial charge in [0, 0.05) is 12.4 Å². The Morgan fingerprint density at radius 1 is 1.11 bits per heavy atom. The predicted molar refractivity (Wildman–Crippen MR) is 68.7 cm³/mol. The van der Waals surface area contributed by atoms with Crippen LogP contribution in [0.2, 0.25) is 0 Å². The molecule has 0 spiro atoms. The second kappa shape index (κ2) is 4.85. The van der Waals surface area contributed by atoms with Crippen LogP contribution in [0.15, 0.2) is 47.5 Å². The van der Waals surface area contributed by atoms with Gasteiger partial charge in [0.1, 0.15) is 18.2 Å². The summed E-state index contributed by atoms with van der Waals surface area (Å²) in [6.45, 7) is 0.172. The molecule has 3 aromatic rings. The van der Waals surface area contributed by atoms with E-state index in [0.29, 0.717) is 17.2 Å². The van der Waals surface area contributed by atoms with Gasteiger partial charge in [-0.15, -0.1) is 0 Å². The minimum atomic E-state index is -0.315. The summed E-state index contributed by atoms with van der Waals surface area (Å²) in [6.07, 6.45) is 2.95. The molecule has 1 N–H and O–H groups in total. The molecule has 0 unspecified atom stereocenters. The second-order valence-electron chi connectivity index (χ2n) is 3.84. The summed E-state index contributed by atoms with van der Waals surface area (Å²) in [5, 5.41) is 0. The van der Waals surface area contributed by atoms with Crippen molar-refractivity contribution in [3.8, 4) is 5.75 Å². The lowest BCUT2D eigenvalue weighted by atomic mass is 10.3. The van der Waals surface area contributed by atoms with E-state index in [2.05, 4.69) is 19.9 Å². The lowest BCUT2D eigenvalue weighted by Crippen LogP contribution is -2.15. The van der Waals surface area contributed by atoms with Crippen LogP contribution >= 0.6 is 0 Å². The van der Waals surface area contributed by atoms with Crippen LogP contribution in [0.3, 0.4) is 0 Å². The molecular weight excluding hydrogens is 244 g/mol. The van der Waals surface area contributed by atoms with Gasteiger partial charge in [-0.25, -0.2) is 15.0 Å². The van der Waals surface area contributed by atoms with Crippen LogP contribution in [0.4, 0.5) is 0 Å². The fraction of sp³-hybridized carbons (Fsp3) is 0.0769. The monoisotopic (exact) mass is 254 g/mol. The molecule has 6 heteroatoms. The summed E-state index contributed by atoms with van der Waals surface area (Å²) in [7, 11) is 0. The van der Waals surface area contributed by atoms with Crippen molar-refractivity contribution < 1.29 is 4.74 Å². The summed E-state index contributed by atoms with van der Waals surface area (Å²) < 4.78 is 5.52. The molecule has 0 saturated carbocycles. The van der Waals surface area contributed by atoms with E-state index in [1.807, 2.05) is 30.3 Å². The Morgan fingerprint density at radius 3 is 2.74 bits per heavy atom. The Labute approximate surface area is 108 Å². The largest absolute Gasteiger partial charge is 0.486 e. The maximum Gasteiger partial charge on any atom is 0.279 e. The van der Waals surface area contributed by atoms with E-state index in [1.165, 1.54) is 12.4 Å². The fourth-order valence-electron chi connectivity index (χ4n) is 1.66. The van der Waals surface area contributed by atoms with Gasteiger partial charge in [-0.2, -0.15) is 0 Å². The van der Waals surface area contributed by atoms with Crippen LogP contribution in [-0.2, 0) is 6.61 Å². The van der Waals surface area contributed by atoms with Gasteiger partial charge in [0.15, 0.2) is 11.2 Å². The number of fused-ring (bicyclic) bond motifs is 1. The lowest BCUT2D eigenvalue weighted by Gasteiger charge is -2.05. The van der Waals surface area contributed by atoms with Crippen molar-refractivity contribution in [3.63, 3.8) is 0 Å². The number of benzene rings is 1. The molecule has 2 aromatic heterocycles. The average Bonchev–Trinajstić information content (AvgIpc) is 2.46. The standard InChI is InChI=1S/C13H10N4O2/c18-13-11-12(15-7-6-14-11)16-10(17-13)8-19-9-4-2-1-3-5-9/h1-7H,8H2,(H,15,16,17,18). The first kappa shape index (κ1) is 11.3. The van der Waals surface area contributed by atoms with Gasteiger partial charge >= 0.3 is 0 Å². The first-order valence-corrected chi connectivity index (χ1v) is 5.71. The zero-order chi connectivity index (χ0) is 13.1. The number of ether oxygens (including phenoxy) is 1. The third-order valence-corrected chi connectivity index (χ3v) is 2.51. The smallest absolute Gasteiger partial charge is 0.279 e. The van der Waals surface area contributed by atoms with Crippen LogP contribution in [0, 0.1) is 0 Å². The van der Waals surface area contributed by atoms with Crippen molar-refractivity contribution in [2.24, 2.45) is 0 Å². The normalized spacial score (nSPS) is 10.5. The number of hydrogen-bond donors (Lipinski definition) is 1. The Hall–Kier alpha value is -2.76. The van der Waals surface area contributed by atoms with Crippen molar-refractivity contribution in [1.29, 1.82) is 0 Å². The molecule has 2 heterocycles. The molecule has 0 aliphatic carbocycles. The van der Waals surface area contributed by atoms with E-state index in [1.54, 1.807) is 0 Å². The molecule has 94 valence electrons. The van der Waals surface area contributed by atoms with Crippen LogP contribution in [0.25, 0.3) is 11.2 Å². The summed E-state index contributed by atoms with van der Waals surface area (Å²) in [5.41, 5.74) is 0.230. The van der Waals surface area contributed by atoms with Crippen molar-refractivity contribution in [2.75, 3.05) is 0 Å². The van der Waals surface area contributed by atoms with E-state index < -0.39 is 0 Å². The van der Waals surface area contributed by atoms with Crippen LogP contribution in [0.5, 0.6) is 5.75 Å². The van der Waals surface area contributed by atoms with E-state index in [-0.39, 0.29) is 17.7 Å². The summed E-state index contributed by atoms with van der Waals surface area (Å²) in [4.78, 5) is 26.5. The molecule has 6 nitrogen and oxygen atoms in total. The van der Waals surface area contributed by atoms with Crippen molar-refractivity contribution in [2.45, 2.75) is 6.61 Å². The number of rotatable bonds is 3. The first-order chi connectivity index (χ1) is 9.33. The molecule has 0 aliphatic heterocycles. The lowest BCUT2D eigenvalue weighted by molar-refractivity contribution is 0.296. The Morgan fingerprint density at radius 2 is 1.89 bits per heavy atom. The Kier molecular flexibility index (Phi) is 2.89. The van der Waals surface area contributed by atoms with Gasteiger partial charge in [-0.05, 0) is 12.1 Å². The van der Waals surface area contributed by atoms with Gasteiger partial charge in [0.25, 0.3) is 5.56 Å². The highest BCUT2D eigenvalue weighted by Crippen LogP contribution is 2.10. The molecule has 0 amide bonds. The topological polar surface area (TPSA) is 80.8 Å². The van der Waals surface area contributed by atoms with E-state index in [0.717, 1.165) is 0 Å². The molecule has 0 bridgehead atoms. The number of hydrogen-bond acceptors (Lipinski definition) is 5. The van der Waals surface area contributed by atoms with Crippen molar-refractivity contribution in [3.05, 3.63) is 58.9 Å². The minimum Gasteiger partial charge on any atom is -0.486 e. The molecule has 0 radical (unpaired) electrons. The molecule has 0 fully saturated rings. The van der Waals surface area contributed by atoms with E-state index in [9.17, 15) is 4.79 Å². The maximum atomic E-state index is 11.8. The predicted octanol–water partition coefficient (Wildman–Crippen LogP) is 1.29. The Balaban J connectivity index is 1.88. The molecule has 19 heavy (non-hydrogen) atoms. The highest BCUT2D eigenvalue weighted by Gasteiger charge is 2.05. The number of H-pyrrole nitrogens is 1. The third kappa shape index (κ3) is 2.42. The molecule has 1 aromatic carbocycles. The minimum absolute atomic E-state index is 0.172. The summed E-state index contributed by atoms with van der Waals surface area (Å²) in [6, 6.07) is 9.31. The Bertz CT molecular complexity index is 755. The maximum absolute atomic E-state index is 11.8.